The van der Waals surface area contributed by atoms with Crippen LogP contribution in [0.4, 0.5) is 0 Å². The quantitative estimate of drug-likeness (QED) is 0.898. The number of likely N-dealkylation sites (tertiary alicyclic amines) is 1. The Labute approximate surface area is 121 Å². The lowest BCUT2D eigenvalue weighted by atomic mass is 9.96. The molecule has 0 spiro atoms. The van der Waals surface area contributed by atoms with E-state index < -0.39 is 0 Å². The van der Waals surface area contributed by atoms with Gasteiger partial charge in [0.15, 0.2) is 0 Å². The van der Waals surface area contributed by atoms with Crippen molar-refractivity contribution in [2.45, 2.75) is 44.8 Å². The maximum absolute atomic E-state index is 6.14. The smallest absolute Gasteiger partial charge is 0.123 e. The number of hydrogen-bond acceptors (Lipinski definition) is 4. The molecule has 1 fully saturated rings. The molecule has 1 heterocycles. The fraction of sp³-hybridized carbons (Fsp3) is 0.625. The maximum Gasteiger partial charge on any atom is 0.123 e. The first-order chi connectivity index (χ1) is 9.65. The van der Waals surface area contributed by atoms with E-state index in [2.05, 4.69) is 17.9 Å². The van der Waals surface area contributed by atoms with Crippen molar-refractivity contribution in [3.05, 3.63) is 23.8 Å². The van der Waals surface area contributed by atoms with Gasteiger partial charge in [-0.1, -0.05) is 6.42 Å². The summed E-state index contributed by atoms with van der Waals surface area (Å²) in [6.45, 7) is 4.07. The molecule has 0 radical (unpaired) electrons. The number of benzene rings is 1. The predicted molar refractivity (Wildman–Crippen MR) is 81.2 cm³/mol. The van der Waals surface area contributed by atoms with Crippen molar-refractivity contribution in [3.8, 4) is 11.5 Å². The second kappa shape index (κ2) is 6.95. The molecule has 1 aliphatic rings. The highest BCUT2D eigenvalue weighted by molar-refractivity contribution is 5.40. The van der Waals surface area contributed by atoms with Crippen molar-refractivity contribution in [2.75, 3.05) is 20.8 Å². The molecule has 1 aromatic rings. The van der Waals surface area contributed by atoms with Crippen LogP contribution < -0.4 is 15.2 Å². The van der Waals surface area contributed by atoms with Gasteiger partial charge in [-0.3, -0.25) is 4.90 Å². The molecule has 2 atom stereocenters. The largest absolute Gasteiger partial charge is 0.497 e. The summed E-state index contributed by atoms with van der Waals surface area (Å²) >= 11 is 0. The highest BCUT2D eigenvalue weighted by Crippen LogP contribution is 2.28. The summed E-state index contributed by atoms with van der Waals surface area (Å²) in [5.41, 5.74) is 7.31. The summed E-state index contributed by atoms with van der Waals surface area (Å²) < 4.78 is 10.8. The molecule has 20 heavy (non-hydrogen) atoms. The SMILES string of the molecule is COc1ccc(OC)c(CN2CCCCC2C(C)N)c1. The molecule has 2 N–H and O–H groups in total. The van der Waals surface area contributed by atoms with Gasteiger partial charge in [-0.2, -0.15) is 0 Å². The van der Waals surface area contributed by atoms with Crippen LogP contribution in [-0.4, -0.2) is 37.7 Å². The molecule has 0 amide bonds. The minimum atomic E-state index is 0.201. The van der Waals surface area contributed by atoms with E-state index >= 15 is 0 Å². The van der Waals surface area contributed by atoms with Crippen LogP contribution in [0.15, 0.2) is 18.2 Å². The Bertz CT molecular complexity index is 434. The fourth-order valence-electron chi connectivity index (χ4n) is 3.03. The van der Waals surface area contributed by atoms with Crippen LogP contribution in [0.3, 0.4) is 0 Å². The van der Waals surface area contributed by atoms with Crippen LogP contribution in [0.5, 0.6) is 11.5 Å². The lowest BCUT2D eigenvalue weighted by Gasteiger charge is -2.38. The summed E-state index contributed by atoms with van der Waals surface area (Å²) in [5.74, 6) is 1.79. The van der Waals surface area contributed by atoms with E-state index in [9.17, 15) is 0 Å². The Morgan fingerprint density at radius 3 is 2.75 bits per heavy atom. The molecule has 2 unspecified atom stereocenters. The Hall–Kier alpha value is -1.26. The molecular weight excluding hydrogens is 252 g/mol. The van der Waals surface area contributed by atoms with Gasteiger partial charge in [0.05, 0.1) is 14.2 Å². The van der Waals surface area contributed by atoms with E-state index in [4.69, 9.17) is 15.2 Å². The van der Waals surface area contributed by atoms with E-state index in [-0.39, 0.29) is 6.04 Å². The van der Waals surface area contributed by atoms with Gasteiger partial charge in [-0.05, 0) is 44.5 Å². The highest BCUT2D eigenvalue weighted by atomic mass is 16.5. The number of piperidine rings is 1. The van der Waals surface area contributed by atoms with Gasteiger partial charge in [-0.15, -0.1) is 0 Å². The zero-order chi connectivity index (χ0) is 14.5. The second-order valence-electron chi connectivity index (χ2n) is 5.57. The van der Waals surface area contributed by atoms with Crippen molar-refractivity contribution in [2.24, 2.45) is 5.73 Å². The zero-order valence-electron chi connectivity index (χ0n) is 12.8. The maximum atomic E-state index is 6.14. The second-order valence-corrected chi connectivity index (χ2v) is 5.57. The lowest BCUT2D eigenvalue weighted by molar-refractivity contribution is 0.122. The Balaban J connectivity index is 2.18. The Morgan fingerprint density at radius 1 is 1.30 bits per heavy atom. The molecule has 2 rings (SSSR count). The summed E-state index contributed by atoms with van der Waals surface area (Å²) in [4.78, 5) is 2.48. The minimum absolute atomic E-state index is 0.201. The minimum Gasteiger partial charge on any atom is -0.497 e. The fourth-order valence-corrected chi connectivity index (χ4v) is 3.03. The molecule has 4 nitrogen and oxygen atoms in total. The molecule has 112 valence electrons. The average molecular weight is 278 g/mol. The molecule has 1 saturated heterocycles. The zero-order valence-corrected chi connectivity index (χ0v) is 12.8. The van der Waals surface area contributed by atoms with E-state index in [1.54, 1.807) is 14.2 Å². The molecule has 0 aromatic heterocycles. The monoisotopic (exact) mass is 278 g/mol. The number of nitrogens with zero attached hydrogens (tertiary/aromatic N) is 1. The van der Waals surface area contributed by atoms with Gasteiger partial charge in [0.25, 0.3) is 0 Å². The molecule has 0 aliphatic carbocycles. The van der Waals surface area contributed by atoms with Gasteiger partial charge in [-0.25, -0.2) is 0 Å². The van der Waals surface area contributed by atoms with Crippen LogP contribution in [0, 0.1) is 0 Å². The topological polar surface area (TPSA) is 47.7 Å². The standard InChI is InChI=1S/C16H26N2O2/c1-12(17)15-6-4-5-9-18(15)11-13-10-14(19-2)7-8-16(13)20-3/h7-8,10,12,15H,4-6,9,11,17H2,1-3H3. The number of nitrogens with two attached hydrogens (primary N) is 1. The van der Waals surface area contributed by atoms with Crippen molar-refractivity contribution >= 4 is 0 Å². The number of rotatable bonds is 5. The molecular formula is C16H26N2O2. The normalized spacial score (nSPS) is 21.5. The molecule has 1 aromatic carbocycles. The van der Waals surface area contributed by atoms with Crippen LogP contribution in [0.2, 0.25) is 0 Å². The Morgan fingerprint density at radius 2 is 2.10 bits per heavy atom. The first kappa shape index (κ1) is 15.1. The predicted octanol–water partition coefficient (Wildman–Crippen LogP) is 2.41. The third-order valence-electron chi connectivity index (χ3n) is 4.13. The van der Waals surface area contributed by atoms with Crippen LogP contribution in [0.1, 0.15) is 31.7 Å². The molecule has 1 aliphatic heterocycles. The molecule has 0 bridgehead atoms. The van der Waals surface area contributed by atoms with E-state index in [1.807, 2.05) is 12.1 Å². The Kier molecular flexibility index (Phi) is 5.26. The van der Waals surface area contributed by atoms with Crippen LogP contribution >= 0.6 is 0 Å². The van der Waals surface area contributed by atoms with Crippen molar-refractivity contribution in [3.63, 3.8) is 0 Å². The summed E-state index contributed by atoms with van der Waals surface area (Å²) in [6.07, 6.45) is 3.71. The van der Waals surface area contributed by atoms with E-state index in [1.165, 1.54) is 24.8 Å². The third-order valence-corrected chi connectivity index (χ3v) is 4.13. The van der Waals surface area contributed by atoms with Crippen molar-refractivity contribution < 1.29 is 9.47 Å². The van der Waals surface area contributed by atoms with Crippen molar-refractivity contribution in [1.29, 1.82) is 0 Å². The number of hydrogen-bond donors (Lipinski definition) is 1. The van der Waals surface area contributed by atoms with Gasteiger partial charge in [0, 0.05) is 24.2 Å². The highest BCUT2D eigenvalue weighted by Gasteiger charge is 2.26. The number of methoxy groups -OCH3 is 2. The summed E-state index contributed by atoms with van der Waals surface area (Å²) in [7, 11) is 3.40. The van der Waals surface area contributed by atoms with Gasteiger partial charge in [0.2, 0.25) is 0 Å². The lowest BCUT2D eigenvalue weighted by Crippen LogP contribution is -2.48. The number of ether oxygens (including phenoxy) is 2. The van der Waals surface area contributed by atoms with Crippen LogP contribution in [0.25, 0.3) is 0 Å². The third kappa shape index (κ3) is 3.44. The van der Waals surface area contributed by atoms with Crippen LogP contribution in [-0.2, 0) is 6.54 Å². The van der Waals surface area contributed by atoms with E-state index in [0.29, 0.717) is 6.04 Å². The first-order valence-corrected chi connectivity index (χ1v) is 7.36. The summed E-state index contributed by atoms with van der Waals surface area (Å²) in [5, 5.41) is 0. The van der Waals surface area contributed by atoms with E-state index in [0.717, 1.165) is 24.6 Å². The first-order valence-electron chi connectivity index (χ1n) is 7.36. The van der Waals surface area contributed by atoms with Crippen molar-refractivity contribution in [1.82, 2.24) is 4.90 Å². The average Bonchev–Trinajstić information content (AvgIpc) is 2.47. The summed E-state index contributed by atoms with van der Waals surface area (Å²) in [6, 6.07) is 6.62. The van der Waals surface area contributed by atoms with Gasteiger partial charge >= 0.3 is 0 Å². The van der Waals surface area contributed by atoms with Gasteiger partial charge in [0.1, 0.15) is 11.5 Å². The molecule has 0 saturated carbocycles. The molecule has 4 heteroatoms. The van der Waals surface area contributed by atoms with Gasteiger partial charge < -0.3 is 15.2 Å².